The van der Waals surface area contributed by atoms with Crippen LogP contribution in [-0.2, 0) is 14.3 Å². The van der Waals surface area contributed by atoms with Gasteiger partial charge in [0.25, 0.3) is 5.91 Å². The van der Waals surface area contributed by atoms with Crippen LogP contribution in [0.5, 0.6) is 11.5 Å². The molecule has 0 atom stereocenters. The predicted octanol–water partition coefficient (Wildman–Crippen LogP) is 0.455. The van der Waals surface area contributed by atoms with Crippen LogP contribution in [0.3, 0.4) is 0 Å². The number of nitrogens with one attached hydrogen (secondary N) is 1. The van der Waals surface area contributed by atoms with Gasteiger partial charge in [-0.1, -0.05) is 0 Å². The number of imide groups is 1. The molecule has 0 fully saturated rings. The highest BCUT2D eigenvalue weighted by Crippen LogP contribution is 2.25. The molecule has 1 aromatic carbocycles. The Hall–Kier alpha value is -3.03. The van der Waals surface area contributed by atoms with Crippen molar-refractivity contribution < 1.29 is 28.6 Å². The van der Waals surface area contributed by atoms with Crippen molar-refractivity contribution in [3.63, 3.8) is 0 Å². The van der Waals surface area contributed by atoms with Gasteiger partial charge in [-0.3, -0.25) is 10.1 Å². The largest absolute Gasteiger partial charge is 0.497 e. The smallest absolute Gasteiger partial charge is 0.331 e. The van der Waals surface area contributed by atoms with Crippen molar-refractivity contribution in [2.24, 2.45) is 5.73 Å². The Morgan fingerprint density at radius 1 is 1.23 bits per heavy atom. The zero-order valence-corrected chi connectivity index (χ0v) is 12.1. The third-order valence-corrected chi connectivity index (χ3v) is 2.45. The molecule has 8 nitrogen and oxygen atoms in total. The molecule has 8 heteroatoms. The Labute approximate surface area is 126 Å². The minimum Gasteiger partial charge on any atom is -0.497 e. The molecule has 0 heterocycles. The van der Waals surface area contributed by atoms with E-state index in [2.05, 4.69) is 4.74 Å². The molecular weight excluding hydrogens is 292 g/mol. The van der Waals surface area contributed by atoms with Crippen LogP contribution < -0.4 is 20.5 Å². The monoisotopic (exact) mass is 308 g/mol. The fourth-order valence-corrected chi connectivity index (χ4v) is 1.47. The first-order valence-corrected chi connectivity index (χ1v) is 6.12. The number of ether oxygens (including phenoxy) is 3. The van der Waals surface area contributed by atoms with Crippen LogP contribution >= 0.6 is 0 Å². The maximum atomic E-state index is 11.5. The van der Waals surface area contributed by atoms with E-state index >= 15 is 0 Å². The van der Waals surface area contributed by atoms with Crippen molar-refractivity contribution in [3.8, 4) is 11.5 Å². The van der Waals surface area contributed by atoms with E-state index < -0.39 is 24.5 Å². The topological polar surface area (TPSA) is 117 Å². The molecule has 0 aliphatic heterocycles. The Morgan fingerprint density at radius 2 is 1.95 bits per heavy atom. The number of nitrogens with two attached hydrogens (primary N) is 1. The SMILES string of the molecule is COc1ccc(/C=C/C(=O)OCC(=O)NC(N)=O)c(OC)c1. The third-order valence-electron chi connectivity index (χ3n) is 2.45. The van der Waals surface area contributed by atoms with Gasteiger partial charge in [-0.25, -0.2) is 9.59 Å². The molecule has 1 aromatic rings. The van der Waals surface area contributed by atoms with Gasteiger partial charge in [-0.2, -0.15) is 0 Å². The summed E-state index contributed by atoms with van der Waals surface area (Å²) in [5.74, 6) is -0.441. The Balaban J connectivity index is 2.62. The van der Waals surface area contributed by atoms with Crippen molar-refractivity contribution in [2.45, 2.75) is 0 Å². The number of carbonyl (C=O) groups is 3. The van der Waals surface area contributed by atoms with Crippen LogP contribution in [0, 0.1) is 0 Å². The predicted molar refractivity (Wildman–Crippen MR) is 77.3 cm³/mol. The lowest BCUT2D eigenvalue weighted by atomic mass is 10.2. The number of hydrogen-bond acceptors (Lipinski definition) is 6. The highest BCUT2D eigenvalue weighted by atomic mass is 16.5. The van der Waals surface area contributed by atoms with E-state index in [-0.39, 0.29) is 0 Å². The van der Waals surface area contributed by atoms with Crippen LogP contribution in [0.2, 0.25) is 0 Å². The van der Waals surface area contributed by atoms with Gasteiger partial charge in [0.2, 0.25) is 0 Å². The number of benzene rings is 1. The average Bonchev–Trinajstić information content (AvgIpc) is 2.50. The summed E-state index contributed by atoms with van der Waals surface area (Å²) >= 11 is 0. The molecule has 0 aliphatic rings. The number of esters is 1. The van der Waals surface area contributed by atoms with Gasteiger partial charge in [0.1, 0.15) is 11.5 Å². The maximum Gasteiger partial charge on any atom is 0.331 e. The molecule has 1 rings (SSSR count). The lowest BCUT2D eigenvalue weighted by Crippen LogP contribution is -2.37. The van der Waals surface area contributed by atoms with Gasteiger partial charge in [0, 0.05) is 17.7 Å². The third kappa shape index (κ3) is 5.53. The zero-order valence-electron chi connectivity index (χ0n) is 12.1. The minimum absolute atomic E-state index is 0.509. The van der Waals surface area contributed by atoms with E-state index in [1.54, 1.807) is 23.5 Å². The first-order valence-electron chi connectivity index (χ1n) is 6.12. The Bertz CT molecular complexity index is 597. The van der Waals surface area contributed by atoms with Crippen LogP contribution in [0.4, 0.5) is 4.79 Å². The highest BCUT2D eigenvalue weighted by molar-refractivity contribution is 5.95. The van der Waals surface area contributed by atoms with Gasteiger partial charge in [-0.05, 0) is 18.2 Å². The number of urea groups is 1. The molecule has 0 unspecified atom stereocenters. The van der Waals surface area contributed by atoms with Crippen LogP contribution in [0.15, 0.2) is 24.3 Å². The summed E-state index contributed by atoms with van der Waals surface area (Å²) in [6, 6.07) is 4.04. The zero-order chi connectivity index (χ0) is 16.5. The molecule has 0 saturated carbocycles. The summed E-state index contributed by atoms with van der Waals surface area (Å²) in [6.45, 7) is -0.605. The number of rotatable bonds is 6. The molecule has 0 bridgehead atoms. The minimum atomic E-state index is -1.01. The molecule has 118 valence electrons. The first-order chi connectivity index (χ1) is 10.5. The maximum absolute atomic E-state index is 11.5. The van der Waals surface area contributed by atoms with Crippen molar-refractivity contribution in [1.29, 1.82) is 0 Å². The standard InChI is InChI=1S/C14H16N2O6/c1-20-10-5-3-9(11(7-10)21-2)4-6-13(18)22-8-12(17)16-14(15)19/h3-7H,8H2,1-2H3,(H3,15,16,17,19)/b6-4+. The normalized spacial score (nSPS) is 10.1. The second-order valence-electron chi connectivity index (χ2n) is 3.96. The number of hydrogen-bond donors (Lipinski definition) is 2. The van der Waals surface area contributed by atoms with Crippen molar-refractivity contribution in [3.05, 3.63) is 29.8 Å². The fraction of sp³-hybridized carbons (Fsp3) is 0.214. The number of carbonyl (C=O) groups excluding carboxylic acids is 3. The van der Waals surface area contributed by atoms with Crippen molar-refractivity contribution in [2.75, 3.05) is 20.8 Å². The van der Waals surface area contributed by atoms with Gasteiger partial charge in [0.05, 0.1) is 14.2 Å². The van der Waals surface area contributed by atoms with Gasteiger partial charge in [-0.15, -0.1) is 0 Å². The lowest BCUT2D eigenvalue weighted by Gasteiger charge is -2.07. The Kier molecular flexibility index (Phi) is 6.42. The summed E-state index contributed by atoms with van der Waals surface area (Å²) in [5.41, 5.74) is 5.37. The molecule has 0 aromatic heterocycles. The second-order valence-corrected chi connectivity index (χ2v) is 3.96. The van der Waals surface area contributed by atoms with E-state index in [9.17, 15) is 14.4 Å². The summed E-state index contributed by atoms with van der Waals surface area (Å²) in [6.07, 6.45) is 2.59. The number of primary amides is 1. The summed E-state index contributed by atoms with van der Waals surface area (Å²) in [5, 5.41) is 1.77. The molecule has 0 radical (unpaired) electrons. The van der Waals surface area contributed by atoms with Crippen LogP contribution in [0.1, 0.15) is 5.56 Å². The quantitative estimate of drug-likeness (QED) is 0.582. The van der Waals surface area contributed by atoms with E-state index in [4.69, 9.17) is 15.2 Å². The van der Waals surface area contributed by atoms with E-state index in [0.717, 1.165) is 6.08 Å². The first kappa shape index (κ1) is 17.0. The van der Waals surface area contributed by atoms with Gasteiger partial charge >= 0.3 is 12.0 Å². The molecular formula is C14H16N2O6. The van der Waals surface area contributed by atoms with Crippen LogP contribution in [-0.4, -0.2) is 38.7 Å². The van der Waals surface area contributed by atoms with Crippen LogP contribution in [0.25, 0.3) is 6.08 Å². The van der Waals surface area contributed by atoms with Gasteiger partial charge < -0.3 is 19.9 Å². The summed E-state index contributed by atoms with van der Waals surface area (Å²) < 4.78 is 14.9. The molecule has 0 spiro atoms. The molecule has 0 aliphatic carbocycles. The van der Waals surface area contributed by atoms with Crippen molar-refractivity contribution >= 4 is 24.0 Å². The van der Waals surface area contributed by atoms with E-state index in [1.165, 1.54) is 20.3 Å². The van der Waals surface area contributed by atoms with Gasteiger partial charge in [0.15, 0.2) is 6.61 Å². The number of methoxy groups -OCH3 is 2. The molecule has 3 amide bonds. The van der Waals surface area contributed by atoms with E-state index in [1.807, 2.05) is 0 Å². The van der Waals surface area contributed by atoms with Crippen molar-refractivity contribution in [1.82, 2.24) is 5.32 Å². The summed E-state index contributed by atoms with van der Waals surface area (Å²) in [7, 11) is 3.01. The summed E-state index contributed by atoms with van der Waals surface area (Å²) in [4.78, 5) is 32.9. The molecule has 3 N–H and O–H groups in total. The highest BCUT2D eigenvalue weighted by Gasteiger charge is 2.07. The van der Waals surface area contributed by atoms with E-state index in [0.29, 0.717) is 17.1 Å². The fourth-order valence-electron chi connectivity index (χ4n) is 1.47. The molecule has 22 heavy (non-hydrogen) atoms. The Morgan fingerprint density at radius 3 is 2.55 bits per heavy atom. The molecule has 0 saturated heterocycles. The number of amides is 3. The average molecular weight is 308 g/mol. The second kappa shape index (κ2) is 8.30. The lowest BCUT2D eigenvalue weighted by molar-refractivity contribution is -0.143.